The fraction of sp³-hybridized carbons (Fsp3) is 0.409. The molecule has 2 unspecified atom stereocenters. The summed E-state index contributed by atoms with van der Waals surface area (Å²) in [6.07, 6.45) is 0.583. The summed E-state index contributed by atoms with van der Waals surface area (Å²) in [6, 6.07) is 18.0. The topological polar surface area (TPSA) is 58.8 Å². The number of ether oxygens (including phenoxy) is 1. The van der Waals surface area contributed by atoms with E-state index in [0.29, 0.717) is 6.42 Å². The van der Waals surface area contributed by atoms with Crippen LogP contribution in [0.4, 0.5) is 0 Å². The lowest BCUT2D eigenvalue weighted by atomic mass is 10.0. The maximum atomic E-state index is 12.7. The monoisotopic (exact) mass is 439 g/mol. The molecule has 1 aliphatic heterocycles. The summed E-state index contributed by atoms with van der Waals surface area (Å²) in [4.78, 5) is 17.0. The third-order valence-corrected chi connectivity index (χ3v) is 5.37. The highest BCUT2D eigenvalue weighted by Gasteiger charge is 2.27. The summed E-state index contributed by atoms with van der Waals surface area (Å²) in [5.41, 5.74) is 8.51. The lowest BCUT2D eigenvalue weighted by molar-refractivity contribution is -0.134. The lowest BCUT2D eigenvalue weighted by Crippen LogP contribution is -2.53. The van der Waals surface area contributed by atoms with E-state index in [0.717, 1.165) is 37.5 Å². The van der Waals surface area contributed by atoms with E-state index in [1.54, 1.807) is 7.11 Å². The van der Waals surface area contributed by atoms with Crippen LogP contribution in [-0.2, 0) is 11.2 Å². The van der Waals surface area contributed by atoms with Crippen molar-refractivity contribution in [1.29, 1.82) is 0 Å². The van der Waals surface area contributed by atoms with E-state index in [2.05, 4.69) is 24.0 Å². The number of hydrogen-bond acceptors (Lipinski definition) is 4. The van der Waals surface area contributed by atoms with Crippen LogP contribution in [0.2, 0.25) is 0 Å². The summed E-state index contributed by atoms with van der Waals surface area (Å²) < 4.78 is 5.33. The molecule has 0 aliphatic carbocycles. The van der Waals surface area contributed by atoms with Gasteiger partial charge in [0.25, 0.3) is 0 Å². The van der Waals surface area contributed by atoms with Gasteiger partial charge < -0.3 is 15.4 Å². The van der Waals surface area contributed by atoms with Gasteiger partial charge in [0.05, 0.1) is 13.2 Å². The van der Waals surface area contributed by atoms with E-state index in [1.807, 2.05) is 47.4 Å². The highest BCUT2D eigenvalue weighted by atomic mass is 35.5. The number of benzene rings is 2. The second kappa shape index (κ2) is 12.0. The second-order valence-electron chi connectivity index (χ2n) is 7.11. The van der Waals surface area contributed by atoms with Crippen LogP contribution in [-0.4, -0.2) is 55.0 Å². The van der Waals surface area contributed by atoms with Crippen molar-refractivity contribution in [3.63, 3.8) is 0 Å². The van der Waals surface area contributed by atoms with Crippen LogP contribution in [0.3, 0.4) is 0 Å². The number of piperazine rings is 1. The van der Waals surface area contributed by atoms with Crippen molar-refractivity contribution in [3.05, 3.63) is 65.7 Å². The van der Waals surface area contributed by atoms with Crippen molar-refractivity contribution in [2.24, 2.45) is 5.73 Å². The number of carbonyl (C=O) groups excluding carboxylic acids is 1. The van der Waals surface area contributed by atoms with Crippen molar-refractivity contribution in [1.82, 2.24) is 9.80 Å². The zero-order valence-electron chi connectivity index (χ0n) is 17.0. The molecule has 160 valence electrons. The molecule has 7 heteroatoms. The van der Waals surface area contributed by atoms with E-state index in [-0.39, 0.29) is 36.8 Å². The van der Waals surface area contributed by atoms with Crippen molar-refractivity contribution in [2.75, 3.05) is 33.3 Å². The van der Waals surface area contributed by atoms with Gasteiger partial charge in [0, 0.05) is 32.2 Å². The van der Waals surface area contributed by atoms with Gasteiger partial charge in [-0.05, 0) is 36.6 Å². The zero-order valence-corrected chi connectivity index (χ0v) is 18.6. The summed E-state index contributed by atoms with van der Waals surface area (Å²) >= 11 is 0. The Labute approximate surface area is 186 Å². The first kappa shape index (κ1) is 25.2. The van der Waals surface area contributed by atoms with Gasteiger partial charge in [0.1, 0.15) is 5.75 Å². The molecule has 1 aliphatic rings. The molecule has 2 aromatic rings. The number of rotatable bonds is 6. The van der Waals surface area contributed by atoms with Gasteiger partial charge >= 0.3 is 0 Å². The predicted octanol–water partition coefficient (Wildman–Crippen LogP) is 3.31. The number of carbonyl (C=O) groups is 1. The second-order valence-corrected chi connectivity index (χ2v) is 7.11. The Bertz CT molecular complexity index is 753. The quantitative estimate of drug-likeness (QED) is 0.749. The first-order chi connectivity index (χ1) is 13.1. The predicted molar refractivity (Wildman–Crippen MR) is 122 cm³/mol. The van der Waals surface area contributed by atoms with Crippen LogP contribution < -0.4 is 10.5 Å². The molecular weight excluding hydrogens is 409 g/mol. The number of hydrogen-bond donors (Lipinski definition) is 1. The Morgan fingerprint density at radius 1 is 1.03 bits per heavy atom. The standard InChI is InChI=1S/C22H29N3O2.2ClH/c1-17(19-9-6-10-20(16-19)27-2)24-11-13-25(14-12-24)22(26)21(23)15-18-7-4-3-5-8-18;;/h3-10,16-17,21H,11-15,23H2,1-2H3;2*1H. The van der Waals surface area contributed by atoms with E-state index in [1.165, 1.54) is 5.56 Å². The Kier molecular flexibility index (Phi) is 10.5. The number of nitrogens with two attached hydrogens (primary N) is 1. The highest BCUT2D eigenvalue weighted by Crippen LogP contribution is 2.25. The molecule has 3 rings (SSSR count). The highest BCUT2D eigenvalue weighted by molar-refractivity contribution is 5.85. The Hall–Kier alpha value is -1.79. The lowest BCUT2D eigenvalue weighted by Gasteiger charge is -2.39. The minimum Gasteiger partial charge on any atom is -0.497 e. The van der Waals surface area contributed by atoms with Gasteiger partial charge in [-0.2, -0.15) is 0 Å². The molecule has 2 N–H and O–H groups in total. The fourth-order valence-electron chi connectivity index (χ4n) is 3.63. The average Bonchev–Trinajstić information content (AvgIpc) is 2.73. The van der Waals surface area contributed by atoms with E-state index in [9.17, 15) is 4.79 Å². The van der Waals surface area contributed by atoms with Crippen LogP contribution in [0.1, 0.15) is 24.1 Å². The molecule has 29 heavy (non-hydrogen) atoms. The SMILES string of the molecule is COc1cccc(C(C)N2CCN(C(=O)C(N)Cc3ccccc3)CC2)c1.Cl.Cl. The van der Waals surface area contributed by atoms with Gasteiger partial charge in [-0.1, -0.05) is 42.5 Å². The van der Waals surface area contributed by atoms with Gasteiger partial charge in [0.15, 0.2) is 0 Å². The summed E-state index contributed by atoms with van der Waals surface area (Å²) in [5.74, 6) is 0.924. The average molecular weight is 440 g/mol. The van der Waals surface area contributed by atoms with Crippen LogP contribution in [0.5, 0.6) is 5.75 Å². The van der Waals surface area contributed by atoms with Crippen LogP contribution >= 0.6 is 24.8 Å². The minimum atomic E-state index is -0.477. The van der Waals surface area contributed by atoms with Gasteiger partial charge in [0.2, 0.25) is 5.91 Å². The number of nitrogens with zero attached hydrogens (tertiary/aromatic N) is 2. The third kappa shape index (κ3) is 6.61. The molecule has 1 amide bonds. The number of methoxy groups -OCH3 is 1. The Morgan fingerprint density at radius 2 is 1.69 bits per heavy atom. The first-order valence-electron chi connectivity index (χ1n) is 9.55. The maximum absolute atomic E-state index is 12.7. The molecule has 0 spiro atoms. The van der Waals surface area contributed by atoms with Crippen molar-refractivity contribution in [3.8, 4) is 5.75 Å². The van der Waals surface area contributed by atoms with Crippen molar-refractivity contribution in [2.45, 2.75) is 25.4 Å². The number of halogens is 2. The van der Waals surface area contributed by atoms with Crippen LogP contribution in [0.15, 0.2) is 54.6 Å². The Morgan fingerprint density at radius 3 is 2.31 bits per heavy atom. The van der Waals surface area contributed by atoms with Crippen LogP contribution in [0, 0.1) is 0 Å². The summed E-state index contributed by atoms with van der Waals surface area (Å²) in [5, 5.41) is 0. The maximum Gasteiger partial charge on any atom is 0.239 e. The molecule has 1 heterocycles. The largest absolute Gasteiger partial charge is 0.497 e. The summed E-state index contributed by atoms with van der Waals surface area (Å²) in [7, 11) is 1.69. The normalized spacial score (nSPS) is 16.2. The number of amides is 1. The third-order valence-electron chi connectivity index (χ3n) is 5.37. The van der Waals surface area contributed by atoms with E-state index < -0.39 is 6.04 Å². The summed E-state index contributed by atoms with van der Waals surface area (Å²) in [6.45, 7) is 5.34. The van der Waals surface area contributed by atoms with Crippen molar-refractivity contribution >= 4 is 30.7 Å². The molecule has 0 aromatic heterocycles. The molecule has 2 aromatic carbocycles. The smallest absolute Gasteiger partial charge is 0.239 e. The van der Waals surface area contributed by atoms with E-state index >= 15 is 0 Å². The van der Waals surface area contributed by atoms with Gasteiger partial charge in [-0.3, -0.25) is 9.69 Å². The zero-order chi connectivity index (χ0) is 19.2. The van der Waals surface area contributed by atoms with Gasteiger partial charge in [-0.15, -0.1) is 24.8 Å². The molecule has 2 atom stereocenters. The minimum absolute atomic E-state index is 0. The van der Waals surface area contributed by atoms with Crippen LogP contribution in [0.25, 0.3) is 0 Å². The first-order valence-corrected chi connectivity index (χ1v) is 9.55. The van der Waals surface area contributed by atoms with E-state index in [4.69, 9.17) is 10.5 Å². The molecule has 5 nitrogen and oxygen atoms in total. The molecule has 1 saturated heterocycles. The van der Waals surface area contributed by atoms with Gasteiger partial charge in [-0.25, -0.2) is 0 Å². The molecular formula is C22H31Cl2N3O2. The molecule has 0 radical (unpaired) electrons. The van der Waals surface area contributed by atoms with Crippen molar-refractivity contribution < 1.29 is 9.53 Å². The fourth-order valence-corrected chi connectivity index (χ4v) is 3.63. The molecule has 1 fully saturated rings. The Balaban J connectivity index is 0.00000210. The molecule has 0 bridgehead atoms. The molecule has 0 saturated carbocycles.